The zero-order valence-electron chi connectivity index (χ0n) is 6.79. The van der Waals surface area contributed by atoms with Gasteiger partial charge < -0.3 is 0 Å². The molecule has 0 spiro atoms. The fourth-order valence-electron chi connectivity index (χ4n) is 0.886. The first-order chi connectivity index (χ1) is 5.79. The van der Waals surface area contributed by atoms with Crippen LogP contribution in [-0.2, 0) is 4.79 Å². The van der Waals surface area contributed by atoms with Crippen LogP contribution in [-0.4, -0.2) is 21.3 Å². The van der Waals surface area contributed by atoms with Gasteiger partial charge in [-0.2, -0.15) is 0 Å². The molecule has 1 rings (SSSR count). The van der Waals surface area contributed by atoms with Crippen LogP contribution in [0.4, 0.5) is 0 Å². The molecular formula is C9H11GeNO. The average Bonchev–Trinajstić information content (AvgIpc) is 2.05. The number of amides is 1. The molecule has 0 heterocycles. The van der Waals surface area contributed by atoms with Crippen molar-refractivity contribution < 1.29 is 4.79 Å². The second-order valence-corrected chi connectivity index (χ2v) is 5.51. The number of primary amides is 1. The third-order valence-corrected chi connectivity index (χ3v) is 4.08. The Hall–Kier alpha value is -0.767. The van der Waals surface area contributed by atoms with Gasteiger partial charge in [0.2, 0.25) is 0 Å². The van der Waals surface area contributed by atoms with Crippen molar-refractivity contribution >= 4 is 25.7 Å². The Balaban J connectivity index is 2.29. The van der Waals surface area contributed by atoms with E-state index in [0.717, 1.165) is 5.25 Å². The summed E-state index contributed by atoms with van der Waals surface area (Å²) < 4.78 is 1.39. The normalized spacial score (nSPS) is 9.67. The van der Waals surface area contributed by atoms with Gasteiger partial charge in [-0.15, -0.1) is 0 Å². The van der Waals surface area contributed by atoms with Crippen molar-refractivity contribution in [2.24, 2.45) is 5.73 Å². The Kier molecular flexibility index (Phi) is 3.87. The first-order valence-corrected chi connectivity index (χ1v) is 6.39. The summed E-state index contributed by atoms with van der Waals surface area (Å²) in [5.74, 6) is -0.185. The molecular weight excluding hydrogens is 211 g/mol. The van der Waals surface area contributed by atoms with E-state index < -0.39 is 0 Å². The van der Waals surface area contributed by atoms with Gasteiger partial charge in [-0.05, 0) is 0 Å². The topological polar surface area (TPSA) is 43.1 Å². The molecule has 0 unspecified atom stereocenters. The molecule has 0 bridgehead atoms. The first kappa shape index (κ1) is 9.32. The predicted octanol–water partition coefficient (Wildman–Crippen LogP) is 0.310. The van der Waals surface area contributed by atoms with Gasteiger partial charge in [-0.1, -0.05) is 0 Å². The minimum atomic E-state index is -0.185. The van der Waals surface area contributed by atoms with E-state index in [1.54, 1.807) is 0 Å². The van der Waals surface area contributed by atoms with E-state index >= 15 is 0 Å². The van der Waals surface area contributed by atoms with E-state index in [-0.39, 0.29) is 21.3 Å². The summed E-state index contributed by atoms with van der Waals surface area (Å²) in [4.78, 5) is 10.4. The fourth-order valence-corrected chi connectivity index (χ4v) is 3.17. The summed E-state index contributed by atoms with van der Waals surface area (Å²) in [5, 5.41) is 0.972. The Bertz CT molecular complexity index is 248. The summed E-state index contributed by atoms with van der Waals surface area (Å²) in [7, 11) is 0. The van der Waals surface area contributed by atoms with E-state index in [1.165, 1.54) is 4.40 Å². The van der Waals surface area contributed by atoms with Crippen molar-refractivity contribution in [3.05, 3.63) is 30.3 Å². The molecule has 1 amide bonds. The second-order valence-electron chi connectivity index (χ2n) is 2.51. The number of carbonyl (C=O) groups is 1. The third kappa shape index (κ3) is 3.57. The molecule has 0 aliphatic carbocycles. The van der Waals surface area contributed by atoms with Crippen LogP contribution < -0.4 is 10.1 Å². The Morgan fingerprint density at radius 1 is 1.33 bits per heavy atom. The SMILES string of the molecule is NC(=O)C[CH2][Ge][c]1ccccc1. The molecule has 2 N–H and O–H groups in total. The van der Waals surface area contributed by atoms with E-state index in [1.807, 2.05) is 18.2 Å². The molecule has 2 nitrogen and oxygen atoms in total. The van der Waals surface area contributed by atoms with E-state index in [9.17, 15) is 4.79 Å². The molecule has 62 valence electrons. The number of rotatable bonds is 4. The van der Waals surface area contributed by atoms with Crippen molar-refractivity contribution in [1.82, 2.24) is 0 Å². The van der Waals surface area contributed by atoms with Gasteiger partial charge in [-0.3, -0.25) is 0 Å². The number of benzene rings is 1. The minimum absolute atomic E-state index is 0.136. The molecule has 0 saturated heterocycles. The maximum atomic E-state index is 10.4. The van der Waals surface area contributed by atoms with Crippen LogP contribution in [0.3, 0.4) is 0 Å². The van der Waals surface area contributed by atoms with Gasteiger partial charge >= 0.3 is 78.3 Å². The van der Waals surface area contributed by atoms with Gasteiger partial charge in [0.1, 0.15) is 0 Å². The number of hydrogen-bond acceptors (Lipinski definition) is 1. The average molecular weight is 222 g/mol. The van der Waals surface area contributed by atoms with Gasteiger partial charge in [0, 0.05) is 0 Å². The van der Waals surface area contributed by atoms with E-state index in [0.29, 0.717) is 6.42 Å². The van der Waals surface area contributed by atoms with E-state index in [4.69, 9.17) is 5.73 Å². The molecule has 12 heavy (non-hydrogen) atoms. The number of carbonyl (C=O) groups excluding carboxylic acids is 1. The second kappa shape index (κ2) is 4.98. The van der Waals surface area contributed by atoms with E-state index in [2.05, 4.69) is 12.1 Å². The van der Waals surface area contributed by atoms with Gasteiger partial charge in [-0.25, -0.2) is 0 Å². The molecule has 0 saturated carbocycles. The van der Waals surface area contributed by atoms with Crippen LogP contribution in [0.5, 0.6) is 0 Å². The number of nitrogens with two attached hydrogens (primary N) is 1. The molecule has 1 aromatic rings. The van der Waals surface area contributed by atoms with Crippen molar-refractivity contribution in [3.63, 3.8) is 0 Å². The van der Waals surface area contributed by atoms with Crippen LogP contribution in [0.1, 0.15) is 6.42 Å². The molecule has 0 aliphatic heterocycles. The monoisotopic (exact) mass is 223 g/mol. The molecule has 2 radical (unpaired) electrons. The fraction of sp³-hybridized carbons (Fsp3) is 0.222. The molecule has 0 atom stereocenters. The van der Waals surface area contributed by atoms with Crippen molar-refractivity contribution in [1.29, 1.82) is 0 Å². The van der Waals surface area contributed by atoms with Crippen molar-refractivity contribution in [2.45, 2.75) is 11.7 Å². The Morgan fingerprint density at radius 2 is 2.00 bits per heavy atom. The summed E-state index contributed by atoms with van der Waals surface area (Å²) in [6, 6.07) is 10.3. The van der Waals surface area contributed by atoms with Gasteiger partial charge in [0.25, 0.3) is 0 Å². The van der Waals surface area contributed by atoms with Crippen LogP contribution in [0.25, 0.3) is 0 Å². The van der Waals surface area contributed by atoms with Crippen molar-refractivity contribution in [2.75, 3.05) is 0 Å². The molecule has 0 fully saturated rings. The summed E-state index contributed by atoms with van der Waals surface area (Å²) in [6.45, 7) is 0. The summed E-state index contributed by atoms with van der Waals surface area (Å²) >= 11 is -0.136. The summed E-state index contributed by atoms with van der Waals surface area (Å²) in [5.41, 5.74) is 5.04. The summed E-state index contributed by atoms with van der Waals surface area (Å²) in [6.07, 6.45) is 0.537. The van der Waals surface area contributed by atoms with Gasteiger partial charge in [0.15, 0.2) is 0 Å². The first-order valence-electron chi connectivity index (χ1n) is 3.86. The standard InChI is InChI=1S/C9H11GeNO/c11-9(12)6-7-10-8-4-2-1-3-5-8/h1-5H,6-7H2,(H2,11,12). The quantitative estimate of drug-likeness (QED) is 0.731. The molecule has 0 aromatic heterocycles. The van der Waals surface area contributed by atoms with Crippen LogP contribution in [0, 0.1) is 0 Å². The molecule has 1 aromatic carbocycles. The number of hydrogen-bond donors (Lipinski definition) is 1. The molecule has 0 aliphatic rings. The Labute approximate surface area is 78.6 Å². The molecule has 3 heteroatoms. The zero-order chi connectivity index (χ0) is 8.81. The van der Waals surface area contributed by atoms with Gasteiger partial charge in [0.05, 0.1) is 0 Å². The zero-order valence-corrected chi connectivity index (χ0v) is 8.88. The Morgan fingerprint density at radius 3 is 2.58 bits per heavy atom. The maximum absolute atomic E-state index is 10.4. The predicted molar refractivity (Wildman–Crippen MR) is 50.4 cm³/mol. The van der Waals surface area contributed by atoms with Crippen LogP contribution in [0.2, 0.25) is 5.25 Å². The van der Waals surface area contributed by atoms with Crippen molar-refractivity contribution in [3.8, 4) is 0 Å². The van der Waals surface area contributed by atoms with Crippen LogP contribution >= 0.6 is 0 Å². The van der Waals surface area contributed by atoms with Crippen LogP contribution in [0.15, 0.2) is 30.3 Å². The third-order valence-electron chi connectivity index (χ3n) is 1.47.